The largest absolute Gasteiger partial charge is 0.331 e. The van der Waals surface area contributed by atoms with E-state index in [0.29, 0.717) is 17.3 Å². The Hall–Kier alpha value is -3.87. The minimum atomic E-state index is -0.914. The summed E-state index contributed by atoms with van der Waals surface area (Å²) in [7, 11) is 0. The predicted octanol–water partition coefficient (Wildman–Crippen LogP) is 5.62. The fourth-order valence-corrected chi connectivity index (χ4v) is 5.54. The SMILES string of the molecule is CC(C)(C)N(C(=O)c1ccccc1Cl)N(SN1CCN(Cc2ccc(Cl)nc2)/C1=N/[N+](=O)[O-])C(=O)c1ccccc1. The summed E-state index contributed by atoms with van der Waals surface area (Å²) >= 11 is 13.1. The third kappa shape index (κ3) is 7.26. The summed E-state index contributed by atoms with van der Waals surface area (Å²) in [4.78, 5) is 45.4. The molecular formula is C27H27Cl2N7O4S. The van der Waals surface area contributed by atoms with E-state index in [1.807, 2.05) is 0 Å². The van der Waals surface area contributed by atoms with E-state index in [2.05, 4.69) is 10.1 Å². The van der Waals surface area contributed by atoms with Crippen LogP contribution in [0, 0.1) is 10.1 Å². The van der Waals surface area contributed by atoms with Crippen LogP contribution in [0.25, 0.3) is 0 Å². The zero-order valence-electron chi connectivity index (χ0n) is 22.5. The first-order valence-electron chi connectivity index (χ1n) is 12.5. The van der Waals surface area contributed by atoms with Gasteiger partial charge in [-0.05, 0) is 56.7 Å². The Morgan fingerprint density at radius 1 is 1.02 bits per heavy atom. The number of nitrogens with zero attached hydrogens (tertiary/aromatic N) is 7. The number of carbonyl (C=O) groups excluding carboxylic acids is 2. The van der Waals surface area contributed by atoms with Gasteiger partial charge < -0.3 is 4.90 Å². The average Bonchev–Trinajstić information content (AvgIpc) is 3.28. The van der Waals surface area contributed by atoms with Gasteiger partial charge in [-0.1, -0.05) is 59.6 Å². The van der Waals surface area contributed by atoms with E-state index in [-0.39, 0.29) is 29.6 Å². The van der Waals surface area contributed by atoms with Crippen LogP contribution in [0.5, 0.6) is 0 Å². The zero-order valence-corrected chi connectivity index (χ0v) is 24.8. The molecule has 4 rings (SSSR count). The van der Waals surface area contributed by atoms with Crippen molar-refractivity contribution < 1.29 is 14.6 Å². The topological polar surface area (TPSA) is 115 Å². The molecule has 0 radical (unpaired) electrons. The highest BCUT2D eigenvalue weighted by Crippen LogP contribution is 2.33. The Kier molecular flexibility index (Phi) is 9.36. The number of rotatable bonds is 7. The Labute approximate surface area is 251 Å². The molecule has 0 bridgehead atoms. The van der Waals surface area contributed by atoms with E-state index in [1.165, 1.54) is 13.7 Å². The maximum atomic E-state index is 14.0. The molecule has 0 spiro atoms. The van der Waals surface area contributed by atoms with Gasteiger partial charge in [0.2, 0.25) is 0 Å². The van der Waals surface area contributed by atoms with Crippen molar-refractivity contribution >= 4 is 53.1 Å². The van der Waals surface area contributed by atoms with Crippen LogP contribution in [0.2, 0.25) is 10.2 Å². The molecule has 0 atom stereocenters. The van der Waals surface area contributed by atoms with Gasteiger partial charge in [0, 0.05) is 24.8 Å². The molecule has 2 heterocycles. The number of hydrazone groups is 1. The molecule has 0 aliphatic carbocycles. The summed E-state index contributed by atoms with van der Waals surface area (Å²) in [6.45, 7) is 6.25. The van der Waals surface area contributed by atoms with Gasteiger partial charge in [-0.3, -0.25) is 13.9 Å². The van der Waals surface area contributed by atoms with Gasteiger partial charge in [-0.2, -0.15) is 4.41 Å². The number of aromatic nitrogens is 1. The summed E-state index contributed by atoms with van der Waals surface area (Å²) in [5.74, 6) is -1.01. The third-order valence-electron chi connectivity index (χ3n) is 5.90. The van der Waals surface area contributed by atoms with Crippen LogP contribution in [-0.2, 0) is 6.54 Å². The number of nitro groups is 1. The molecular weight excluding hydrogens is 589 g/mol. The molecule has 1 aromatic heterocycles. The minimum Gasteiger partial charge on any atom is -0.331 e. The molecule has 14 heteroatoms. The number of guanidine groups is 1. The second-order valence-corrected chi connectivity index (χ2v) is 11.7. The molecule has 41 heavy (non-hydrogen) atoms. The number of benzene rings is 2. The van der Waals surface area contributed by atoms with Gasteiger partial charge in [0.1, 0.15) is 10.3 Å². The van der Waals surface area contributed by atoms with Crippen molar-refractivity contribution in [1.82, 2.24) is 23.6 Å². The van der Waals surface area contributed by atoms with E-state index < -0.39 is 22.4 Å². The van der Waals surface area contributed by atoms with Gasteiger partial charge in [0.15, 0.2) is 5.03 Å². The van der Waals surface area contributed by atoms with Crippen LogP contribution < -0.4 is 0 Å². The number of hydrogen-bond acceptors (Lipinski definition) is 6. The van der Waals surface area contributed by atoms with Crippen LogP contribution in [-0.4, -0.2) is 65.0 Å². The summed E-state index contributed by atoms with van der Waals surface area (Å²) < 4.78 is 2.73. The van der Waals surface area contributed by atoms with Gasteiger partial charge in [0.25, 0.3) is 17.8 Å². The molecule has 1 saturated heterocycles. The van der Waals surface area contributed by atoms with E-state index in [0.717, 1.165) is 17.7 Å². The summed E-state index contributed by atoms with van der Waals surface area (Å²) in [6.07, 6.45) is 1.58. The maximum absolute atomic E-state index is 14.0. The quantitative estimate of drug-likeness (QED) is 0.146. The minimum absolute atomic E-state index is 0.0138. The second kappa shape index (κ2) is 12.8. The molecule has 0 saturated carbocycles. The molecule has 1 fully saturated rings. The van der Waals surface area contributed by atoms with Gasteiger partial charge >= 0.3 is 0 Å². The van der Waals surface area contributed by atoms with E-state index >= 15 is 0 Å². The summed E-state index contributed by atoms with van der Waals surface area (Å²) in [5.41, 5.74) is 0.368. The highest BCUT2D eigenvalue weighted by Gasteiger charge is 2.41. The Morgan fingerprint density at radius 2 is 1.71 bits per heavy atom. The molecule has 214 valence electrons. The molecule has 3 aromatic rings. The molecule has 11 nitrogen and oxygen atoms in total. The third-order valence-corrected chi connectivity index (χ3v) is 7.48. The first-order valence-corrected chi connectivity index (χ1v) is 14.0. The maximum Gasteiger partial charge on any atom is 0.285 e. The first-order chi connectivity index (χ1) is 19.5. The highest BCUT2D eigenvalue weighted by atomic mass is 35.5. The standard InChI is InChI=1S/C27H27Cl2N7O4S/c1-27(2,3)34(25(38)21-11-7-8-12-22(21)28)35(24(37)20-9-5-4-6-10-20)41-33-16-15-32(26(33)31-36(39)40)18-19-13-14-23(29)30-17-19/h4-14,17H,15-16,18H2,1-3H3/b31-26-. The molecule has 0 unspecified atom stereocenters. The lowest BCUT2D eigenvalue weighted by Crippen LogP contribution is -2.56. The van der Waals surface area contributed by atoms with Crippen molar-refractivity contribution in [2.24, 2.45) is 5.10 Å². The van der Waals surface area contributed by atoms with E-state index in [1.54, 1.807) is 98.6 Å². The molecule has 1 aliphatic rings. The first kappa shape index (κ1) is 30.1. The van der Waals surface area contributed by atoms with Crippen LogP contribution in [0.15, 0.2) is 78.0 Å². The highest BCUT2D eigenvalue weighted by molar-refractivity contribution is 7.95. The number of pyridine rings is 1. The van der Waals surface area contributed by atoms with E-state index in [4.69, 9.17) is 23.2 Å². The van der Waals surface area contributed by atoms with Crippen LogP contribution in [0.3, 0.4) is 0 Å². The van der Waals surface area contributed by atoms with Crippen LogP contribution in [0.1, 0.15) is 47.1 Å². The number of carbonyl (C=O) groups is 2. The van der Waals surface area contributed by atoms with Crippen LogP contribution in [0.4, 0.5) is 0 Å². The van der Waals surface area contributed by atoms with Crippen molar-refractivity contribution in [1.29, 1.82) is 0 Å². The van der Waals surface area contributed by atoms with Crippen molar-refractivity contribution in [2.45, 2.75) is 32.9 Å². The van der Waals surface area contributed by atoms with Gasteiger partial charge in [-0.25, -0.2) is 20.1 Å². The Bertz CT molecular complexity index is 1450. The number of hydrazine groups is 1. The van der Waals surface area contributed by atoms with Crippen molar-refractivity contribution in [3.8, 4) is 0 Å². The lowest BCUT2D eigenvalue weighted by molar-refractivity contribution is -0.486. The monoisotopic (exact) mass is 615 g/mol. The number of halogens is 2. The summed E-state index contributed by atoms with van der Waals surface area (Å²) in [6, 6.07) is 18.4. The zero-order chi connectivity index (χ0) is 29.7. The van der Waals surface area contributed by atoms with Crippen molar-refractivity contribution in [2.75, 3.05) is 13.1 Å². The Balaban J connectivity index is 1.74. The van der Waals surface area contributed by atoms with Gasteiger partial charge in [-0.15, -0.1) is 0 Å². The molecule has 2 amide bonds. The van der Waals surface area contributed by atoms with Gasteiger partial charge in [0.05, 0.1) is 34.8 Å². The molecule has 1 aliphatic heterocycles. The normalized spacial score (nSPS) is 14.3. The fourth-order valence-electron chi connectivity index (χ4n) is 4.06. The smallest absolute Gasteiger partial charge is 0.285 e. The number of hydrogen-bond donors (Lipinski definition) is 0. The van der Waals surface area contributed by atoms with Crippen LogP contribution >= 0.6 is 35.3 Å². The lowest BCUT2D eigenvalue weighted by Gasteiger charge is -2.43. The lowest BCUT2D eigenvalue weighted by atomic mass is 10.1. The van der Waals surface area contributed by atoms with Crippen molar-refractivity contribution in [3.05, 3.63) is 110 Å². The number of amides is 2. The Morgan fingerprint density at radius 3 is 2.32 bits per heavy atom. The second-order valence-electron chi connectivity index (χ2n) is 9.94. The molecule has 0 N–H and O–H groups in total. The average molecular weight is 617 g/mol. The van der Waals surface area contributed by atoms with Crippen molar-refractivity contribution in [3.63, 3.8) is 0 Å². The van der Waals surface area contributed by atoms with E-state index in [9.17, 15) is 19.7 Å². The predicted molar refractivity (Wildman–Crippen MR) is 158 cm³/mol. The fraction of sp³-hybridized carbons (Fsp3) is 0.259. The molecule has 2 aromatic carbocycles. The summed E-state index contributed by atoms with van der Waals surface area (Å²) in [5, 5.41) is 16.3.